The number of pyridine rings is 1. The Morgan fingerprint density at radius 3 is 2.56 bits per heavy atom. The summed E-state index contributed by atoms with van der Waals surface area (Å²) in [6.07, 6.45) is 3.76. The average molecular weight is 326 g/mol. The summed E-state index contributed by atoms with van der Waals surface area (Å²) in [7, 11) is 0. The molecule has 5 heteroatoms. The number of anilines is 1. The maximum absolute atomic E-state index is 4.47. The number of hydrogen-bond donors (Lipinski definition) is 1. The molecule has 0 radical (unpaired) electrons. The van der Waals surface area contributed by atoms with Gasteiger partial charge in [-0.05, 0) is 28.1 Å². The van der Waals surface area contributed by atoms with Crippen molar-refractivity contribution in [1.82, 2.24) is 9.97 Å². The minimum atomic E-state index is 0.127. The molecule has 0 aliphatic heterocycles. The van der Waals surface area contributed by atoms with Crippen molar-refractivity contribution in [2.24, 2.45) is 0 Å². The van der Waals surface area contributed by atoms with E-state index in [1.165, 1.54) is 9.88 Å². The van der Waals surface area contributed by atoms with Gasteiger partial charge in [0.05, 0.1) is 23.4 Å². The van der Waals surface area contributed by atoms with E-state index >= 15 is 0 Å². The minimum absolute atomic E-state index is 0.127. The van der Waals surface area contributed by atoms with Gasteiger partial charge >= 0.3 is 0 Å². The number of hydrogen-bond acceptors (Lipinski definition) is 4. The highest BCUT2D eigenvalue weighted by molar-refractivity contribution is 9.10. The third kappa shape index (κ3) is 3.53. The molecule has 0 bridgehead atoms. The van der Waals surface area contributed by atoms with Crippen molar-refractivity contribution in [3.05, 3.63) is 39.0 Å². The fourth-order valence-electron chi connectivity index (χ4n) is 1.41. The van der Waals surface area contributed by atoms with Crippen molar-refractivity contribution < 1.29 is 0 Å². The van der Waals surface area contributed by atoms with Gasteiger partial charge in [-0.25, -0.2) is 9.97 Å². The molecule has 2 aromatic heterocycles. The maximum Gasteiger partial charge on any atom is 0.106 e. The third-order valence-electron chi connectivity index (χ3n) is 2.39. The van der Waals surface area contributed by atoms with Crippen molar-refractivity contribution in [2.75, 3.05) is 5.32 Å². The molecule has 0 amide bonds. The van der Waals surface area contributed by atoms with E-state index in [9.17, 15) is 0 Å². The first-order chi connectivity index (χ1) is 8.45. The van der Waals surface area contributed by atoms with E-state index < -0.39 is 0 Å². The van der Waals surface area contributed by atoms with Crippen molar-refractivity contribution >= 4 is 33.0 Å². The highest BCUT2D eigenvalue weighted by Crippen LogP contribution is 2.27. The second-order valence-corrected chi connectivity index (χ2v) is 7.03. The number of aromatic nitrogens is 2. The molecule has 0 saturated carbocycles. The summed E-state index contributed by atoms with van der Waals surface area (Å²) in [6.45, 7) is 7.34. The predicted molar refractivity (Wildman–Crippen MR) is 80.1 cm³/mol. The van der Waals surface area contributed by atoms with E-state index in [2.05, 4.69) is 52.0 Å². The SMILES string of the molecule is CC(C)(C)c1ncc(CNc2ccc(Br)nc2)s1. The molecule has 0 aliphatic rings. The van der Waals surface area contributed by atoms with Gasteiger partial charge in [0, 0.05) is 16.5 Å². The Labute approximate surface area is 120 Å². The number of thiazole rings is 1. The second-order valence-electron chi connectivity index (χ2n) is 5.10. The smallest absolute Gasteiger partial charge is 0.106 e. The van der Waals surface area contributed by atoms with E-state index in [0.717, 1.165) is 16.8 Å². The molecule has 0 aliphatic carbocycles. The predicted octanol–water partition coefficient (Wildman–Crippen LogP) is 4.21. The minimum Gasteiger partial charge on any atom is -0.379 e. The van der Waals surface area contributed by atoms with Crippen LogP contribution in [-0.2, 0) is 12.0 Å². The molecule has 2 rings (SSSR count). The standard InChI is InChI=1S/C13H16BrN3S/c1-13(2,3)12-17-8-10(18-12)7-15-9-4-5-11(14)16-6-9/h4-6,8,15H,7H2,1-3H3. The van der Waals surface area contributed by atoms with E-state index in [1.54, 1.807) is 11.3 Å². The van der Waals surface area contributed by atoms with Crippen LogP contribution in [0, 0.1) is 0 Å². The van der Waals surface area contributed by atoms with Crippen molar-refractivity contribution in [2.45, 2.75) is 32.7 Å². The summed E-state index contributed by atoms with van der Waals surface area (Å²) in [6, 6.07) is 3.93. The fourth-order valence-corrected chi connectivity index (χ4v) is 2.55. The van der Waals surface area contributed by atoms with Gasteiger partial charge in [0.25, 0.3) is 0 Å². The molecule has 2 heterocycles. The normalized spacial score (nSPS) is 11.6. The van der Waals surface area contributed by atoms with E-state index in [1.807, 2.05) is 24.5 Å². The van der Waals surface area contributed by atoms with E-state index in [4.69, 9.17) is 0 Å². The first-order valence-electron chi connectivity index (χ1n) is 5.76. The van der Waals surface area contributed by atoms with Gasteiger partial charge in [-0.3, -0.25) is 0 Å². The van der Waals surface area contributed by atoms with Crippen molar-refractivity contribution in [3.8, 4) is 0 Å². The van der Waals surface area contributed by atoms with E-state index in [-0.39, 0.29) is 5.41 Å². The van der Waals surface area contributed by atoms with Crippen molar-refractivity contribution in [3.63, 3.8) is 0 Å². The van der Waals surface area contributed by atoms with Gasteiger partial charge in [-0.1, -0.05) is 20.8 Å². The molecule has 0 atom stereocenters. The summed E-state index contributed by atoms with van der Waals surface area (Å²) in [5, 5.41) is 4.51. The summed E-state index contributed by atoms with van der Waals surface area (Å²) >= 11 is 5.08. The Balaban J connectivity index is 1.98. The van der Waals surface area contributed by atoms with Crippen LogP contribution in [0.15, 0.2) is 29.1 Å². The Morgan fingerprint density at radius 1 is 1.22 bits per heavy atom. The Kier molecular flexibility index (Phi) is 4.02. The summed E-state index contributed by atoms with van der Waals surface area (Å²) in [4.78, 5) is 9.89. The van der Waals surface area contributed by atoms with Crippen LogP contribution < -0.4 is 5.32 Å². The zero-order valence-electron chi connectivity index (χ0n) is 10.7. The van der Waals surface area contributed by atoms with Crippen molar-refractivity contribution in [1.29, 1.82) is 0 Å². The Morgan fingerprint density at radius 2 is 2.00 bits per heavy atom. The second kappa shape index (κ2) is 5.36. The summed E-state index contributed by atoms with van der Waals surface area (Å²) in [5.74, 6) is 0. The molecule has 18 heavy (non-hydrogen) atoms. The van der Waals surface area contributed by atoms with Gasteiger partial charge in [-0.15, -0.1) is 11.3 Å². The highest BCUT2D eigenvalue weighted by Gasteiger charge is 2.17. The van der Waals surface area contributed by atoms with Crippen LogP contribution in [0.1, 0.15) is 30.7 Å². The van der Waals surface area contributed by atoms with Gasteiger partial charge in [0.2, 0.25) is 0 Å². The van der Waals surface area contributed by atoms with Crippen LogP contribution in [0.4, 0.5) is 5.69 Å². The zero-order chi connectivity index (χ0) is 13.2. The van der Waals surface area contributed by atoms with Gasteiger partial charge in [0.15, 0.2) is 0 Å². The Hall–Kier alpha value is -0.940. The monoisotopic (exact) mass is 325 g/mol. The molecule has 0 fully saturated rings. The molecule has 96 valence electrons. The van der Waals surface area contributed by atoms with Gasteiger partial charge < -0.3 is 5.32 Å². The van der Waals surface area contributed by atoms with Crippen LogP contribution in [-0.4, -0.2) is 9.97 Å². The van der Waals surface area contributed by atoms with Gasteiger partial charge in [-0.2, -0.15) is 0 Å². The van der Waals surface area contributed by atoms with E-state index in [0.29, 0.717) is 0 Å². The molecule has 2 aromatic rings. The summed E-state index contributed by atoms with van der Waals surface area (Å²) < 4.78 is 0.848. The zero-order valence-corrected chi connectivity index (χ0v) is 13.1. The largest absolute Gasteiger partial charge is 0.379 e. The number of halogens is 1. The molecular formula is C13H16BrN3S. The Bertz CT molecular complexity index is 514. The first-order valence-corrected chi connectivity index (χ1v) is 7.37. The molecule has 1 N–H and O–H groups in total. The van der Waals surface area contributed by atoms with Crippen LogP contribution in [0.25, 0.3) is 0 Å². The van der Waals surface area contributed by atoms with Crippen LogP contribution in [0.5, 0.6) is 0 Å². The molecule has 0 unspecified atom stereocenters. The van der Waals surface area contributed by atoms with Crippen LogP contribution >= 0.6 is 27.3 Å². The number of nitrogens with zero attached hydrogens (tertiary/aromatic N) is 2. The first kappa shape index (κ1) is 13.5. The lowest BCUT2D eigenvalue weighted by Crippen LogP contribution is -2.09. The molecule has 0 aromatic carbocycles. The molecule has 3 nitrogen and oxygen atoms in total. The maximum atomic E-state index is 4.47. The molecule has 0 saturated heterocycles. The molecule has 0 spiro atoms. The quantitative estimate of drug-likeness (QED) is 0.859. The fraction of sp³-hybridized carbons (Fsp3) is 0.385. The number of nitrogens with one attached hydrogen (secondary N) is 1. The number of rotatable bonds is 3. The lowest BCUT2D eigenvalue weighted by Gasteiger charge is -2.13. The topological polar surface area (TPSA) is 37.8 Å². The lowest BCUT2D eigenvalue weighted by molar-refractivity contribution is 0.585. The average Bonchev–Trinajstić information content (AvgIpc) is 2.77. The van der Waals surface area contributed by atoms with Crippen LogP contribution in [0.3, 0.4) is 0 Å². The highest BCUT2D eigenvalue weighted by atomic mass is 79.9. The third-order valence-corrected chi connectivity index (χ3v) is 4.28. The summed E-state index contributed by atoms with van der Waals surface area (Å²) in [5.41, 5.74) is 1.14. The van der Waals surface area contributed by atoms with Crippen LogP contribution in [0.2, 0.25) is 0 Å². The lowest BCUT2D eigenvalue weighted by atomic mass is 9.98. The molecular weight excluding hydrogens is 310 g/mol. The van der Waals surface area contributed by atoms with Gasteiger partial charge in [0.1, 0.15) is 4.60 Å².